The fraction of sp³-hybridized carbons (Fsp3) is 0.435. The van der Waals surface area contributed by atoms with Crippen LogP contribution in [0, 0.1) is 5.92 Å². The van der Waals surface area contributed by atoms with Crippen LogP contribution in [0.4, 0.5) is 5.82 Å². The van der Waals surface area contributed by atoms with E-state index in [1.807, 2.05) is 30.6 Å². The number of nitrogens with zero attached hydrogens (tertiary/aromatic N) is 3. The number of hydrogen-bond acceptors (Lipinski definition) is 10. The SMILES string of the molecule is CNCC(=O)Nc1nc2ccccc2c2c1ncn2CC(C)C.O=C(O)[C@@H](O)[C@@H](O)[C@H](O)[C@@H](O)C(=O)O. The van der Waals surface area contributed by atoms with Gasteiger partial charge in [-0.3, -0.25) is 4.79 Å². The van der Waals surface area contributed by atoms with Crippen molar-refractivity contribution in [1.82, 2.24) is 19.9 Å². The molecular formula is C23H31N5O9. The van der Waals surface area contributed by atoms with Crippen LogP contribution in [0.2, 0.25) is 0 Å². The number of carbonyl (C=O) groups excluding carboxylic acids is 1. The molecule has 4 atom stereocenters. The molecule has 0 bridgehead atoms. The van der Waals surface area contributed by atoms with Crippen LogP contribution in [0.3, 0.4) is 0 Å². The van der Waals surface area contributed by atoms with Crippen LogP contribution in [0.15, 0.2) is 30.6 Å². The number of amides is 1. The molecule has 14 nitrogen and oxygen atoms in total. The molecule has 3 rings (SSSR count). The van der Waals surface area contributed by atoms with E-state index >= 15 is 0 Å². The topological polar surface area (TPSA) is 227 Å². The number of aliphatic carboxylic acids is 2. The number of pyridine rings is 1. The van der Waals surface area contributed by atoms with Crippen molar-refractivity contribution in [3.63, 3.8) is 0 Å². The van der Waals surface area contributed by atoms with Crippen LogP contribution < -0.4 is 10.6 Å². The van der Waals surface area contributed by atoms with E-state index < -0.39 is 36.4 Å². The Hall–Kier alpha value is -3.69. The molecule has 8 N–H and O–H groups in total. The smallest absolute Gasteiger partial charge is 0.335 e. The summed E-state index contributed by atoms with van der Waals surface area (Å²) in [6, 6.07) is 7.94. The van der Waals surface area contributed by atoms with Gasteiger partial charge in [-0.2, -0.15) is 0 Å². The standard InChI is InChI=1S/C17H21N5O.C6H10O8/c1-11(2)9-22-10-19-15-16(22)12-6-4-5-7-13(12)20-17(15)21-14(23)8-18-3;7-1(3(9)5(11)12)2(8)4(10)6(13)14/h4-7,10-11,18H,8-9H2,1-3H3,(H,20,21,23);1-4,7-10H,(H,11,12)(H,13,14)/t;1-,2-,3-,4+/m.0/s1. The maximum absolute atomic E-state index is 11.9. The molecule has 0 aliphatic heterocycles. The van der Waals surface area contributed by atoms with Gasteiger partial charge in [-0.1, -0.05) is 32.0 Å². The van der Waals surface area contributed by atoms with Gasteiger partial charge in [0.1, 0.15) is 17.7 Å². The predicted molar refractivity (Wildman–Crippen MR) is 132 cm³/mol. The zero-order chi connectivity index (χ0) is 27.9. The molecule has 2 heterocycles. The number of rotatable bonds is 10. The number of aromatic nitrogens is 3. The average molecular weight is 522 g/mol. The van der Waals surface area contributed by atoms with Gasteiger partial charge in [0, 0.05) is 11.9 Å². The van der Waals surface area contributed by atoms with Gasteiger partial charge < -0.3 is 45.8 Å². The number of likely N-dealkylation sites (N-methyl/N-ethyl adjacent to an activating group) is 1. The van der Waals surface area contributed by atoms with Crippen molar-refractivity contribution in [2.45, 2.75) is 44.8 Å². The summed E-state index contributed by atoms with van der Waals surface area (Å²) < 4.78 is 2.14. The number of para-hydroxylation sites is 1. The minimum atomic E-state index is -2.36. The molecular weight excluding hydrogens is 490 g/mol. The molecule has 37 heavy (non-hydrogen) atoms. The Morgan fingerprint density at radius 3 is 2.05 bits per heavy atom. The highest BCUT2D eigenvalue weighted by atomic mass is 16.4. The maximum atomic E-state index is 11.9. The van der Waals surface area contributed by atoms with Crippen LogP contribution in [0.5, 0.6) is 0 Å². The second-order valence-corrected chi connectivity index (χ2v) is 8.59. The molecule has 202 valence electrons. The lowest BCUT2D eigenvalue weighted by Gasteiger charge is -2.21. The second-order valence-electron chi connectivity index (χ2n) is 8.59. The van der Waals surface area contributed by atoms with E-state index in [0.717, 1.165) is 28.5 Å². The zero-order valence-corrected chi connectivity index (χ0v) is 20.4. The molecule has 0 fully saturated rings. The van der Waals surface area contributed by atoms with Gasteiger partial charge in [-0.05, 0) is 19.0 Å². The van der Waals surface area contributed by atoms with Gasteiger partial charge >= 0.3 is 11.9 Å². The number of nitrogens with one attached hydrogen (secondary N) is 2. The largest absolute Gasteiger partial charge is 0.479 e. The number of carboxylic acid groups (broad SMARTS) is 2. The van der Waals surface area contributed by atoms with Crippen LogP contribution in [0.25, 0.3) is 21.9 Å². The minimum Gasteiger partial charge on any atom is -0.479 e. The maximum Gasteiger partial charge on any atom is 0.335 e. The van der Waals surface area contributed by atoms with Gasteiger partial charge in [0.05, 0.1) is 23.9 Å². The molecule has 14 heteroatoms. The normalized spacial score (nSPS) is 14.5. The molecule has 0 unspecified atom stereocenters. The average Bonchev–Trinajstić information content (AvgIpc) is 3.26. The second kappa shape index (κ2) is 13.0. The van der Waals surface area contributed by atoms with E-state index in [4.69, 9.17) is 30.6 Å². The molecule has 0 saturated heterocycles. The van der Waals surface area contributed by atoms with Crippen molar-refractivity contribution in [3.8, 4) is 0 Å². The Balaban J connectivity index is 0.000000298. The third kappa shape index (κ3) is 7.41. The quantitative estimate of drug-likeness (QED) is 0.161. The lowest BCUT2D eigenvalue weighted by Crippen LogP contribution is -2.49. The Morgan fingerprint density at radius 2 is 1.54 bits per heavy atom. The van der Waals surface area contributed by atoms with Crippen LogP contribution in [-0.4, -0.2) is 101 Å². The van der Waals surface area contributed by atoms with E-state index in [9.17, 15) is 14.4 Å². The number of hydrogen-bond donors (Lipinski definition) is 8. The van der Waals surface area contributed by atoms with Crippen LogP contribution in [0.1, 0.15) is 13.8 Å². The summed E-state index contributed by atoms with van der Waals surface area (Å²) in [4.78, 5) is 41.2. The van der Waals surface area contributed by atoms with E-state index in [2.05, 4.69) is 39.0 Å². The summed E-state index contributed by atoms with van der Waals surface area (Å²) in [7, 11) is 1.74. The first kappa shape index (κ1) is 29.5. The first-order valence-corrected chi connectivity index (χ1v) is 11.2. The first-order valence-electron chi connectivity index (χ1n) is 11.2. The summed E-state index contributed by atoms with van der Waals surface area (Å²) in [5, 5.41) is 58.2. The lowest BCUT2D eigenvalue weighted by molar-refractivity contribution is -0.172. The number of fused-ring (bicyclic) bond motifs is 3. The minimum absolute atomic E-state index is 0.130. The fourth-order valence-corrected chi connectivity index (χ4v) is 3.40. The highest BCUT2D eigenvalue weighted by molar-refractivity contribution is 6.09. The van der Waals surface area contributed by atoms with E-state index in [1.165, 1.54) is 0 Å². The van der Waals surface area contributed by atoms with Crippen molar-refractivity contribution in [3.05, 3.63) is 30.6 Å². The predicted octanol–water partition coefficient (Wildman–Crippen LogP) is -1.00. The Morgan fingerprint density at radius 1 is 0.973 bits per heavy atom. The molecule has 0 aliphatic carbocycles. The summed E-state index contributed by atoms with van der Waals surface area (Å²) in [6.45, 7) is 5.45. The van der Waals surface area contributed by atoms with Crippen molar-refractivity contribution >= 4 is 45.6 Å². The Kier molecular flexibility index (Phi) is 10.4. The number of carboxylic acids is 2. The van der Waals surface area contributed by atoms with Crippen molar-refractivity contribution in [1.29, 1.82) is 0 Å². The summed E-state index contributed by atoms with van der Waals surface area (Å²) in [6.07, 6.45) is -7.46. The van der Waals surface area contributed by atoms with Crippen LogP contribution >= 0.6 is 0 Å². The monoisotopic (exact) mass is 521 g/mol. The Bertz CT molecular complexity index is 1220. The van der Waals surface area contributed by atoms with Gasteiger partial charge in [-0.15, -0.1) is 0 Å². The molecule has 3 aromatic rings. The molecule has 1 aromatic carbocycles. The van der Waals surface area contributed by atoms with E-state index in [1.54, 1.807) is 7.05 Å². The zero-order valence-electron chi connectivity index (χ0n) is 20.4. The number of benzene rings is 1. The van der Waals surface area contributed by atoms with Gasteiger partial charge in [0.2, 0.25) is 5.91 Å². The summed E-state index contributed by atoms with van der Waals surface area (Å²) in [5.41, 5.74) is 2.60. The van der Waals surface area contributed by atoms with Gasteiger partial charge in [0.15, 0.2) is 18.0 Å². The highest BCUT2D eigenvalue weighted by Gasteiger charge is 2.37. The fourth-order valence-electron chi connectivity index (χ4n) is 3.40. The van der Waals surface area contributed by atoms with Crippen molar-refractivity contribution < 1.29 is 45.0 Å². The van der Waals surface area contributed by atoms with Crippen molar-refractivity contribution in [2.75, 3.05) is 18.9 Å². The highest BCUT2D eigenvalue weighted by Crippen LogP contribution is 2.29. The Labute approximate surface area is 211 Å². The third-order valence-electron chi connectivity index (χ3n) is 5.11. The number of aliphatic hydroxyl groups is 4. The van der Waals surface area contributed by atoms with E-state index in [-0.39, 0.29) is 12.5 Å². The lowest BCUT2D eigenvalue weighted by atomic mass is 10.0. The number of anilines is 1. The molecule has 0 saturated carbocycles. The van der Waals surface area contributed by atoms with Crippen LogP contribution in [-0.2, 0) is 20.9 Å². The molecule has 0 radical (unpaired) electrons. The molecule has 2 aromatic heterocycles. The summed E-state index contributed by atoms with van der Waals surface area (Å²) >= 11 is 0. The molecule has 0 aliphatic rings. The van der Waals surface area contributed by atoms with E-state index in [0.29, 0.717) is 11.7 Å². The number of carbonyl (C=O) groups is 3. The number of aliphatic hydroxyl groups excluding tert-OH is 4. The van der Waals surface area contributed by atoms with Gasteiger partial charge in [0.25, 0.3) is 0 Å². The first-order chi connectivity index (χ1) is 17.4. The number of imidazole rings is 1. The van der Waals surface area contributed by atoms with Gasteiger partial charge in [-0.25, -0.2) is 19.6 Å². The molecule has 0 spiro atoms. The summed E-state index contributed by atoms with van der Waals surface area (Å²) in [5.74, 6) is -2.79. The molecule has 1 amide bonds. The van der Waals surface area contributed by atoms with Crippen molar-refractivity contribution in [2.24, 2.45) is 5.92 Å². The third-order valence-corrected chi connectivity index (χ3v) is 5.11.